The van der Waals surface area contributed by atoms with Crippen molar-refractivity contribution in [3.8, 4) is 11.3 Å². The molecule has 1 saturated heterocycles. The van der Waals surface area contributed by atoms with Crippen molar-refractivity contribution in [3.63, 3.8) is 0 Å². The van der Waals surface area contributed by atoms with E-state index >= 15 is 0 Å². The summed E-state index contributed by atoms with van der Waals surface area (Å²) in [5.74, 6) is 1.73. The molecule has 2 aromatic rings. The third-order valence-electron chi connectivity index (χ3n) is 7.43. The molecule has 0 bridgehead atoms. The third kappa shape index (κ3) is 3.79. The molecule has 2 aliphatic carbocycles. The number of aromatic nitrogens is 3. The minimum Gasteiger partial charge on any atom is -0.383 e. The Morgan fingerprint density at radius 1 is 1.16 bits per heavy atom. The molecule has 3 unspecified atom stereocenters. The first-order chi connectivity index (χ1) is 15.1. The van der Waals surface area contributed by atoms with Gasteiger partial charge in [-0.25, -0.2) is 4.98 Å². The average molecular weight is 450 g/mol. The van der Waals surface area contributed by atoms with E-state index in [0.717, 1.165) is 37.8 Å². The second-order valence-corrected chi connectivity index (χ2v) is 9.92. The van der Waals surface area contributed by atoms with Crippen LogP contribution in [0.5, 0.6) is 0 Å². The predicted octanol–water partition coefficient (Wildman–Crippen LogP) is 4.24. The molecule has 0 spiro atoms. The summed E-state index contributed by atoms with van der Waals surface area (Å²) < 4.78 is 47.2. The van der Waals surface area contributed by atoms with Crippen LogP contribution in [0.25, 0.3) is 11.3 Å². The lowest BCUT2D eigenvalue weighted by Gasteiger charge is -2.34. The van der Waals surface area contributed by atoms with Gasteiger partial charge in [-0.05, 0) is 57.6 Å². The molecule has 3 aliphatic rings. The zero-order valence-electron chi connectivity index (χ0n) is 18.6. The Morgan fingerprint density at radius 3 is 2.41 bits per heavy atom. The lowest BCUT2D eigenvalue weighted by Crippen LogP contribution is -2.47. The number of nitrogen functional groups attached to an aromatic ring is 1. The molecular weight excluding hydrogens is 419 g/mol. The van der Waals surface area contributed by atoms with Gasteiger partial charge in [-0.3, -0.25) is 4.68 Å². The standard InChI is InChI=1S/C23H30F3N5O/c1-11(2)31-20(7-19(30-31)13-4-18(23(24,25)26)22(27)28-8-13)21-16-5-15(6-17(16)21)29-12(3)14-9-32-10-14/h4,7-8,11-12,14-17,21,29H,5-6,9-10H2,1-3H3,(H2,27,28). The van der Waals surface area contributed by atoms with Crippen LogP contribution in [0.2, 0.25) is 0 Å². The van der Waals surface area contributed by atoms with Crippen LogP contribution in [0.1, 0.15) is 56.8 Å². The van der Waals surface area contributed by atoms with Gasteiger partial charge in [0.1, 0.15) is 5.82 Å². The summed E-state index contributed by atoms with van der Waals surface area (Å²) >= 11 is 0. The van der Waals surface area contributed by atoms with Crippen molar-refractivity contribution >= 4 is 5.82 Å². The molecule has 3 N–H and O–H groups in total. The van der Waals surface area contributed by atoms with Gasteiger partial charge in [0.25, 0.3) is 0 Å². The minimum absolute atomic E-state index is 0.122. The Bertz CT molecular complexity index is 988. The first-order valence-electron chi connectivity index (χ1n) is 11.4. The number of halogens is 3. The fourth-order valence-electron chi connectivity index (χ4n) is 5.52. The second kappa shape index (κ2) is 7.73. The van der Waals surface area contributed by atoms with Gasteiger partial charge in [0.2, 0.25) is 0 Å². The van der Waals surface area contributed by atoms with Crippen molar-refractivity contribution < 1.29 is 17.9 Å². The fraction of sp³-hybridized carbons (Fsp3) is 0.652. The summed E-state index contributed by atoms with van der Waals surface area (Å²) in [6, 6.07) is 4.13. The molecule has 2 aromatic heterocycles. The molecule has 2 saturated carbocycles. The Hall–Kier alpha value is -2.13. The number of fused-ring (bicyclic) bond motifs is 1. The van der Waals surface area contributed by atoms with E-state index in [2.05, 4.69) is 22.3 Å². The van der Waals surface area contributed by atoms with E-state index in [0.29, 0.717) is 47.0 Å². The van der Waals surface area contributed by atoms with E-state index in [9.17, 15) is 13.2 Å². The SMILES string of the molecule is CC(NC1CC2C(C1)C2c1cc(-c2cnc(N)c(C(F)(F)F)c2)nn1C(C)C)C1COC1. The van der Waals surface area contributed by atoms with E-state index in [4.69, 9.17) is 10.5 Å². The lowest BCUT2D eigenvalue weighted by atomic mass is 9.97. The van der Waals surface area contributed by atoms with E-state index in [-0.39, 0.29) is 6.04 Å². The van der Waals surface area contributed by atoms with Crippen LogP contribution in [0, 0.1) is 17.8 Å². The molecule has 0 amide bonds. The molecule has 3 atom stereocenters. The van der Waals surface area contributed by atoms with Gasteiger partial charge in [-0.1, -0.05) is 0 Å². The molecule has 32 heavy (non-hydrogen) atoms. The smallest absolute Gasteiger partial charge is 0.383 e. The van der Waals surface area contributed by atoms with Crippen molar-refractivity contribution in [1.82, 2.24) is 20.1 Å². The molecule has 1 aliphatic heterocycles. The minimum atomic E-state index is -4.55. The Morgan fingerprint density at radius 2 is 1.84 bits per heavy atom. The highest BCUT2D eigenvalue weighted by molar-refractivity contribution is 5.63. The first kappa shape index (κ1) is 21.7. The highest BCUT2D eigenvalue weighted by Crippen LogP contribution is 2.63. The topological polar surface area (TPSA) is 78.0 Å². The summed E-state index contributed by atoms with van der Waals surface area (Å²) in [4.78, 5) is 3.78. The van der Waals surface area contributed by atoms with Crippen molar-refractivity contribution in [2.24, 2.45) is 17.8 Å². The summed E-state index contributed by atoms with van der Waals surface area (Å²) in [6.45, 7) is 8.04. The Labute approximate surface area is 185 Å². The average Bonchev–Trinajstić information content (AvgIpc) is 3.02. The number of nitrogens with one attached hydrogen (secondary N) is 1. The normalized spacial score (nSPS) is 28.6. The number of nitrogens with zero attached hydrogens (tertiary/aromatic N) is 3. The van der Waals surface area contributed by atoms with Gasteiger partial charge in [0, 0.05) is 47.4 Å². The number of anilines is 1. The van der Waals surface area contributed by atoms with E-state index < -0.39 is 17.6 Å². The highest BCUT2D eigenvalue weighted by Gasteiger charge is 2.58. The van der Waals surface area contributed by atoms with Crippen molar-refractivity contribution in [2.45, 2.75) is 63.8 Å². The molecule has 6 nitrogen and oxygen atoms in total. The van der Waals surface area contributed by atoms with Crippen LogP contribution in [0.4, 0.5) is 19.0 Å². The first-order valence-corrected chi connectivity index (χ1v) is 11.4. The second-order valence-electron chi connectivity index (χ2n) is 9.92. The molecule has 0 aromatic carbocycles. The van der Waals surface area contributed by atoms with E-state index in [1.807, 2.05) is 24.6 Å². The van der Waals surface area contributed by atoms with Crippen LogP contribution >= 0.6 is 0 Å². The Kier molecular flexibility index (Phi) is 5.24. The van der Waals surface area contributed by atoms with E-state index in [1.54, 1.807) is 0 Å². The molecule has 9 heteroatoms. The van der Waals surface area contributed by atoms with Gasteiger partial charge in [0.15, 0.2) is 0 Å². The Balaban J connectivity index is 1.34. The van der Waals surface area contributed by atoms with Crippen LogP contribution in [-0.2, 0) is 10.9 Å². The van der Waals surface area contributed by atoms with Gasteiger partial charge in [-0.2, -0.15) is 18.3 Å². The maximum atomic E-state index is 13.3. The summed E-state index contributed by atoms with van der Waals surface area (Å²) in [6.07, 6.45) is -0.906. The van der Waals surface area contributed by atoms with Crippen LogP contribution in [-0.4, -0.2) is 40.1 Å². The van der Waals surface area contributed by atoms with Crippen LogP contribution in [0.15, 0.2) is 18.3 Å². The van der Waals surface area contributed by atoms with Gasteiger partial charge in [-0.15, -0.1) is 0 Å². The number of hydrogen-bond acceptors (Lipinski definition) is 5. The van der Waals surface area contributed by atoms with Gasteiger partial charge >= 0.3 is 6.18 Å². The van der Waals surface area contributed by atoms with Crippen LogP contribution in [0.3, 0.4) is 0 Å². The zero-order chi connectivity index (χ0) is 22.8. The number of nitrogens with two attached hydrogens (primary N) is 1. The van der Waals surface area contributed by atoms with Crippen molar-refractivity contribution in [2.75, 3.05) is 18.9 Å². The van der Waals surface area contributed by atoms with Gasteiger partial charge in [0.05, 0.1) is 24.5 Å². The summed E-state index contributed by atoms with van der Waals surface area (Å²) in [5.41, 5.74) is 6.53. The van der Waals surface area contributed by atoms with Crippen LogP contribution < -0.4 is 11.1 Å². The number of hydrogen-bond donors (Lipinski definition) is 2. The zero-order valence-corrected chi connectivity index (χ0v) is 18.6. The molecule has 0 radical (unpaired) electrons. The van der Waals surface area contributed by atoms with Crippen molar-refractivity contribution in [3.05, 3.63) is 29.6 Å². The summed E-state index contributed by atoms with van der Waals surface area (Å²) in [7, 11) is 0. The van der Waals surface area contributed by atoms with E-state index in [1.165, 1.54) is 6.20 Å². The molecule has 3 fully saturated rings. The molecule has 3 heterocycles. The molecular formula is C23H30F3N5O. The lowest BCUT2D eigenvalue weighted by molar-refractivity contribution is -0.137. The number of alkyl halides is 3. The van der Waals surface area contributed by atoms with Crippen molar-refractivity contribution in [1.29, 1.82) is 0 Å². The summed E-state index contributed by atoms with van der Waals surface area (Å²) in [5, 5.41) is 8.45. The monoisotopic (exact) mass is 449 g/mol. The maximum absolute atomic E-state index is 13.3. The van der Waals surface area contributed by atoms with Gasteiger partial charge < -0.3 is 15.8 Å². The number of rotatable bonds is 6. The molecule has 5 rings (SSSR count). The third-order valence-corrected chi connectivity index (χ3v) is 7.43. The number of pyridine rings is 1. The fourth-order valence-corrected chi connectivity index (χ4v) is 5.52. The predicted molar refractivity (Wildman–Crippen MR) is 115 cm³/mol. The quantitative estimate of drug-likeness (QED) is 0.690. The number of ether oxygens (including phenoxy) is 1. The highest BCUT2D eigenvalue weighted by atomic mass is 19.4. The largest absolute Gasteiger partial charge is 0.419 e. The molecule has 174 valence electrons. The maximum Gasteiger partial charge on any atom is 0.419 e.